The third kappa shape index (κ3) is 5.97. The quantitative estimate of drug-likeness (QED) is 0.620. The van der Waals surface area contributed by atoms with Crippen LogP contribution in [0, 0.1) is 11.3 Å². The van der Waals surface area contributed by atoms with Crippen LogP contribution < -0.4 is 5.32 Å². The molecule has 0 aliphatic carbocycles. The number of carboxylic acid groups (broad SMARTS) is 1. The van der Waals surface area contributed by atoms with Crippen LogP contribution in [0.5, 0.6) is 0 Å². The van der Waals surface area contributed by atoms with Gasteiger partial charge in [-0.2, -0.15) is 0 Å². The first-order valence-corrected chi connectivity index (χ1v) is 5.29. The number of nitrogens with one attached hydrogen (secondary N) is 1. The SMILES string of the molecule is CC(C)C(C)(C)CNCCCC(=O)O. The maximum absolute atomic E-state index is 10.2. The molecule has 2 N–H and O–H groups in total. The Morgan fingerprint density at radius 3 is 2.43 bits per heavy atom. The molecule has 84 valence electrons. The number of hydrogen-bond donors (Lipinski definition) is 2. The number of aliphatic carboxylic acids is 1. The highest BCUT2D eigenvalue weighted by molar-refractivity contribution is 5.66. The molecule has 0 bridgehead atoms. The van der Waals surface area contributed by atoms with E-state index in [4.69, 9.17) is 5.11 Å². The van der Waals surface area contributed by atoms with Crippen molar-refractivity contribution in [2.24, 2.45) is 11.3 Å². The number of rotatable bonds is 7. The van der Waals surface area contributed by atoms with Gasteiger partial charge in [0.15, 0.2) is 0 Å². The van der Waals surface area contributed by atoms with Crippen LogP contribution in [0.1, 0.15) is 40.5 Å². The summed E-state index contributed by atoms with van der Waals surface area (Å²) in [7, 11) is 0. The van der Waals surface area contributed by atoms with Crippen LogP contribution in [0.4, 0.5) is 0 Å². The molecule has 0 saturated heterocycles. The summed E-state index contributed by atoms with van der Waals surface area (Å²) in [6.07, 6.45) is 0.971. The average molecular weight is 201 g/mol. The van der Waals surface area contributed by atoms with Crippen molar-refractivity contribution in [2.45, 2.75) is 40.5 Å². The average Bonchev–Trinajstić information content (AvgIpc) is 2.02. The van der Waals surface area contributed by atoms with Crippen molar-refractivity contribution < 1.29 is 9.90 Å². The van der Waals surface area contributed by atoms with E-state index in [1.54, 1.807) is 0 Å². The summed E-state index contributed by atoms with van der Waals surface area (Å²) < 4.78 is 0. The highest BCUT2D eigenvalue weighted by Gasteiger charge is 2.21. The van der Waals surface area contributed by atoms with Crippen molar-refractivity contribution in [3.63, 3.8) is 0 Å². The summed E-state index contributed by atoms with van der Waals surface area (Å²) >= 11 is 0. The van der Waals surface area contributed by atoms with Gasteiger partial charge in [-0.15, -0.1) is 0 Å². The lowest BCUT2D eigenvalue weighted by Crippen LogP contribution is -2.34. The second-order valence-electron chi connectivity index (χ2n) is 4.82. The highest BCUT2D eigenvalue weighted by atomic mass is 16.4. The molecule has 3 nitrogen and oxygen atoms in total. The largest absolute Gasteiger partial charge is 0.481 e. The molecule has 0 unspecified atom stereocenters. The molecular weight excluding hydrogens is 178 g/mol. The van der Waals surface area contributed by atoms with Gasteiger partial charge in [-0.3, -0.25) is 4.79 Å². The van der Waals surface area contributed by atoms with E-state index < -0.39 is 5.97 Å². The lowest BCUT2D eigenvalue weighted by atomic mass is 9.81. The van der Waals surface area contributed by atoms with E-state index in [0.717, 1.165) is 13.1 Å². The molecule has 0 radical (unpaired) electrons. The summed E-state index contributed by atoms with van der Waals surface area (Å²) in [5.74, 6) is -0.0793. The third-order valence-corrected chi connectivity index (χ3v) is 2.89. The Bertz CT molecular complexity index is 176. The summed E-state index contributed by atoms with van der Waals surface area (Å²) in [6, 6.07) is 0. The van der Waals surface area contributed by atoms with E-state index in [9.17, 15) is 4.79 Å². The number of carboxylic acids is 1. The molecule has 0 aliphatic rings. The van der Waals surface area contributed by atoms with Gasteiger partial charge in [-0.25, -0.2) is 0 Å². The molecule has 0 rings (SSSR count). The van der Waals surface area contributed by atoms with E-state index in [0.29, 0.717) is 12.3 Å². The highest BCUT2D eigenvalue weighted by Crippen LogP contribution is 2.24. The van der Waals surface area contributed by atoms with E-state index in [-0.39, 0.29) is 11.8 Å². The molecule has 0 heterocycles. The van der Waals surface area contributed by atoms with Crippen molar-refractivity contribution in [3.8, 4) is 0 Å². The molecule has 0 saturated carbocycles. The molecule has 0 aliphatic heterocycles. The zero-order valence-electron chi connectivity index (χ0n) is 9.76. The van der Waals surface area contributed by atoms with Crippen molar-refractivity contribution in [1.29, 1.82) is 0 Å². The fraction of sp³-hybridized carbons (Fsp3) is 0.909. The van der Waals surface area contributed by atoms with Crippen LogP contribution in [0.3, 0.4) is 0 Å². The standard InChI is InChI=1S/C11H23NO2/c1-9(2)11(3,4)8-12-7-5-6-10(13)14/h9,12H,5-8H2,1-4H3,(H,13,14). The molecule has 0 aromatic rings. The van der Waals surface area contributed by atoms with Gasteiger partial charge in [0.1, 0.15) is 0 Å². The summed E-state index contributed by atoms with van der Waals surface area (Å²) in [4.78, 5) is 10.2. The van der Waals surface area contributed by atoms with E-state index in [1.165, 1.54) is 0 Å². The summed E-state index contributed by atoms with van der Waals surface area (Å²) in [5, 5.41) is 11.7. The second-order valence-corrected chi connectivity index (χ2v) is 4.82. The molecule has 3 heteroatoms. The predicted octanol–water partition coefficient (Wildman–Crippen LogP) is 2.12. The first-order chi connectivity index (χ1) is 6.36. The summed E-state index contributed by atoms with van der Waals surface area (Å²) in [6.45, 7) is 10.6. The van der Waals surface area contributed by atoms with E-state index >= 15 is 0 Å². The van der Waals surface area contributed by atoms with Crippen LogP contribution in [0.15, 0.2) is 0 Å². The van der Waals surface area contributed by atoms with Crippen molar-refractivity contribution in [1.82, 2.24) is 5.32 Å². The minimum absolute atomic E-state index is 0.259. The third-order valence-electron chi connectivity index (χ3n) is 2.89. The smallest absolute Gasteiger partial charge is 0.303 e. The Labute approximate surface area is 86.9 Å². The Morgan fingerprint density at radius 2 is 2.00 bits per heavy atom. The number of hydrogen-bond acceptors (Lipinski definition) is 2. The van der Waals surface area contributed by atoms with Gasteiger partial charge in [0.25, 0.3) is 0 Å². The van der Waals surface area contributed by atoms with Crippen molar-refractivity contribution in [2.75, 3.05) is 13.1 Å². The zero-order valence-corrected chi connectivity index (χ0v) is 9.76. The maximum Gasteiger partial charge on any atom is 0.303 e. The Balaban J connectivity index is 3.49. The molecule has 0 aromatic heterocycles. The molecular formula is C11H23NO2. The van der Waals surface area contributed by atoms with Crippen LogP contribution in [0.25, 0.3) is 0 Å². The Hall–Kier alpha value is -0.570. The molecule has 0 atom stereocenters. The fourth-order valence-corrected chi connectivity index (χ4v) is 0.979. The maximum atomic E-state index is 10.2. The van der Waals surface area contributed by atoms with Crippen molar-refractivity contribution in [3.05, 3.63) is 0 Å². The van der Waals surface area contributed by atoms with Crippen LogP contribution in [0.2, 0.25) is 0 Å². The van der Waals surface area contributed by atoms with Crippen LogP contribution >= 0.6 is 0 Å². The van der Waals surface area contributed by atoms with Gasteiger partial charge in [-0.1, -0.05) is 27.7 Å². The molecule has 0 spiro atoms. The van der Waals surface area contributed by atoms with Crippen LogP contribution in [-0.2, 0) is 4.79 Å². The monoisotopic (exact) mass is 201 g/mol. The lowest BCUT2D eigenvalue weighted by Gasteiger charge is -2.29. The Kier molecular flexibility index (Phi) is 5.77. The minimum atomic E-state index is -0.713. The molecule has 14 heavy (non-hydrogen) atoms. The van der Waals surface area contributed by atoms with Gasteiger partial charge >= 0.3 is 5.97 Å². The van der Waals surface area contributed by atoms with Gasteiger partial charge in [0, 0.05) is 13.0 Å². The fourth-order valence-electron chi connectivity index (χ4n) is 0.979. The lowest BCUT2D eigenvalue weighted by molar-refractivity contribution is -0.137. The van der Waals surface area contributed by atoms with E-state index in [1.807, 2.05) is 0 Å². The Morgan fingerprint density at radius 1 is 1.43 bits per heavy atom. The predicted molar refractivity (Wildman–Crippen MR) is 58.4 cm³/mol. The number of carbonyl (C=O) groups is 1. The first kappa shape index (κ1) is 13.4. The van der Waals surface area contributed by atoms with Gasteiger partial charge in [-0.05, 0) is 24.3 Å². The summed E-state index contributed by atoms with van der Waals surface area (Å²) in [5.41, 5.74) is 0.281. The molecule has 0 amide bonds. The van der Waals surface area contributed by atoms with Gasteiger partial charge in [0.2, 0.25) is 0 Å². The van der Waals surface area contributed by atoms with E-state index in [2.05, 4.69) is 33.0 Å². The first-order valence-electron chi connectivity index (χ1n) is 5.29. The second kappa shape index (κ2) is 6.02. The van der Waals surface area contributed by atoms with Gasteiger partial charge in [0.05, 0.1) is 0 Å². The molecule has 0 fully saturated rings. The zero-order chi connectivity index (χ0) is 11.2. The van der Waals surface area contributed by atoms with Crippen LogP contribution in [-0.4, -0.2) is 24.2 Å². The van der Waals surface area contributed by atoms with Gasteiger partial charge < -0.3 is 10.4 Å². The molecule has 0 aromatic carbocycles. The topological polar surface area (TPSA) is 49.3 Å². The minimum Gasteiger partial charge on any atom is -0.481 e. The normalized spacial score (nSPS) is 12.1. The van der Waals surface area contributed by atoms with Crippen molar-refractivity contribution >= 4 is 5.97 Å².